The van der Waals surface area contributed by atoms with Crippen LogP contribution in [0.4, 0.5) is 4.39 Å². The quantitative estimate of drug-likeness (QED) is 0.827. The molecule has 3 rings (SSSR count). The maximum Gasteiger partial charge on any atom is 0.290 e. The molecule has 1 aliphatic heterocycles. The van der Waals surface area contributed by atoms with Crippen LogP contribution in [0.3, 0.4) is 0 Å². The van der Waals surface area contributed by atoms with E-state index in [0.29, 0.717) is 5.75 Å². The number of alkyl halides is 1. The summed E-state index contributed by atoms with van der Waals surface area (Å²) in [5, 5.41) is 0. The predicted octanol–water partition coefficient (Wildman–Crippen LogP) is 2.17. The Kier molecular flexibility index (Phi) is 5.28. The number of sulfonamides is 1. The molecule has 140 valence electrons. The van der Waals surface area contributed by atoms with Crippen LogP contribution in [0.2, 0.25) is 0 Å². The highest BCUT2D eigenvalue weighted by Gasteiger charge is 2.37. The van der Waals surface area contributed by atoms with Gasteiger partial charge in [0.1, 0.15) is 11.9 Å². The van der Waals surface area contributed by atoms with Crippen LogP contribution in [0.5, 0.6) is 11.7 Å². The highest BCUT2D eigenvalue weighted by Crippen LogP contribution is 2.27. The maximum absolute atomic E-state index is 13.8. The molecular weight excluding hydrogens is 363 g/mol. The zero-order valence-corrected chi connectivity index (χ0v) is 14.9. The number of rotatable bonds is 6. The molecule has 1 N–H and O–H groups in total. The summed E-state index contributed by atoms with van der Waals surface area (Å²) in [5.74, 6) is 0.199. The number of likely N-dealkylation sites (tertiary alicyclic amines) is 1. The van der Waals surface area contributed by atoms with E-state index >= 15 is 0 Å². The number of nitrogens with zero attached hydrogens (tertiary/aromatic N) is 1. The minimum atomic E-state index is -3.43. The fraction of sp³-hybridized carbons (Fsp3) is 0.353. The highest BCUT2D eigenvalue weighted by molar-refractivity contribution is 7.88. The third kappa shape index (κ3) is 4.61. The van der Waals surface area contributed by atoms with Crippen molar-refractivity contribution in [1.82, 2.24) is 9.62 Å². The first kappa shape index (κ1) is 18.4. The third-order valence-electron chi connectivity index (χ3n) is 3.96. The van der Waals surface area contributed by atoms with E-state index in [1.54, 1.807) is 24.3 Å². The molecular formula is C17H19FN2O5S. The molecule has 2 heterocycles. The summed E-state index contributed by atoms with van der Waals surface area (Å²) in [6, 6.07) is 11.3. The van der Waals surface area contributed by atoms with Crippen LogP contribution in [-0.2, 0) is 10.0 Å². The largest absolute Gasteiger partial charge is 0.426 e. The molecule has 2 aromatic rings. The van der Waals surface area contributed by atoms with E-state index in [-0.39, 0.29) is 31.2 Å². The number of hydrogen-bond donors (Lipinski definition) is 1. The Balaban J connectivity index is 1.69. The second kappa shape index (κ2) is 7.46. The first-order valence-corrected chi connectivity index (χ1v) is 9.93. The van der Waals surface area contributed by atoms with Gasteiger partial charge < -0.3 is 14.1 Å². The number of hydrogen-bond acceptors (Lipinski definition) is 5. The first-order valence-electron chi connectivity index (χ1n) is 8.04. The van der Waals surface area contributed by atoms with Crippen molar-refractivity contribution < 1.29 is 26.8 Å². The van der Waals surface area contributed by atoms with Crippen LogP contribution < -0.4 is 9.46 Å². The maximum atomic E-state index is 13.8. The van der Waals surface area contributed by atoms with E-state index in [1.807, 2.05) is 6.07 Å². The SMILES string of the molecule is CS(=O)(=O)NC[C@@H]1C[C@H](F)CN1C(=O)c1ccc(Oc2ccccc2)o1. The number of ether oxygens (including phenoxy) is 1. The van der Waals surface area contributed by atoms with Crippen LogP contribution in [0.15, 0.2) is 46.9 Å². The molecule has 1 aliphatic rings. The number of para-hydroxylation sites is 1. The van der Waals surface area contributed by atoms with Crippen LogP contribution in [0.1, 0.15) is 17.0 Å². The fourth-order valence-electron chi connectivity index (χ4n) is 2.79. The standard InChI is InChI=1S/C17H19FN2O5S/c1-26(22,23)19-10-13-9-12(18)11-20(13)17(21)15-7-8-16(25-15)24-14-5-3-2-4-6-14/h2-8,12-13,19H,9-11H2,1H3/t12-,13-/m0/s1. The van der Waals surface area contributed by atoms with E-state index in [1.165, 1.54) is 17.0 Å². The van der Waals surface area contributed by atoms with Gasteiger partial charge in [0, 0.05) is 25.1 Å². The van der Waals surface area contributed by atoms with Crippen LogP contribution in [0.25, 0.3) is 0 Å². The zero-order chi connectivity index (χ0) is 18.7. The Morgan fingerprint density at radius 3 is 2.73 bits per heavy atom. The van der Waals surface area contributed by atoms with Gasteiger partial charge in [0.25, 0.3) is 11.9 Å². The van der Waals surface area contributed by atoms with Gasteiger partial charge in [0.2, 0.25) is 10.0 Å². The molecule has 0 unspecified atom stereocenters. The lowest BCUT2D eigenvalue weighted by atomic mass is 10.2. The summed E-state index contributed by atoms with van der Waals surface area (Å²) in [7, 11) is -3.43. The molecule has 0 radical (unpaired) electrons. The van der Waals surface area contributed by atoms with Crippen LogP contribution >= 0.6 is 0 Å². The molecule has 0 saturated carbocycles. The second-order valence-electron chi connectivity index (χ2n) is 6.10. The molecule has 9 heteroatoms. The van der Waals surface area contributed by atoms with Gasteiger partial charge in [-0.25, -0.2) is 17.5 Å². The number of nitrogens with one attached hydrogen (secondary N) is 1. The predicted molar refractivity (Wildman–Crippen MR) is 92.4 cm³/mol. The highest BCUT2D eigenvalue weighted by atomic mass is 32.2. The molecule has 1 amide bonds. The van der Waals surface area contributed by atoms with Gasteiger partial charge in [0.15, 0.2) is 5.76 Å². The Morgan fingerprint density at radius 2 is 2.04 bits per heavy atom. The number of benzene rings is 1. The van der Waals surface area contributed by atoms with Gasteiger partial charge in [0.05, 0.1) is 12.8 Å². The van der Waals surface area contributed by atoms with Gasteiger partial charge in [-0.2, -0.15) is 0 Å². The Bertz CT molecular complexity index is 868. The van der Waals surface area contributed by atoms with Crippen molar-refractivity contribution in [2.75, 3.05) is 19.3 Å². The minimum Gasteiger partial charge on any atom is -0.426 e. The Hall–Kier alpha value is -2.39. The third-order valence-corrected chi connectivity index (χ3v) is 4.65. The lowest BCUT2D eigenvalue weighted by Crippen LogP contribution is -2.42. The monoisotopic (exact) mass is 382 g/mol. The zero-order valence-electron chi connectivity index (χ0n) is 14.1. The van der Waals surface area contributed by atoms with E-state index in [9.17, 15) is 17.6 Å². The topological polar surface area (TPSA) is 88.9 Å². The van der Waals surface area contributed by atoms with Crippen molar-refractivity contribution in [1.29, 1.82) is 0 Å². The molecule has 26 heavy (non-hydrogen) atoms. The number of furan rings is 1. The minimum absolute atomic E-state index is 0.00869. The average molecular weight is 382 g/mol. The van der Waals surface area contributed by atoms with Crippen molar-refractivity contribution in [3.63, 3.8) is 0 Å². The van der Waals surface area contributed by atoms with Gasteiger partial charge in [-0.1, -0.05) is 18.2 Å². The summed E-state index contributed by atoms with van der Waals surface area (Å²) in [6.45, 7) is -0.149. The molecule has 1 saturated heterocycles. The van der Waals surface area contributed by atoms with Gasteiger partial charge in [-0.3, -0.25) is 4.79 Å². The molecule has 0 spiro atoms. The molecule has 2 atom stereocenters. The molecule has 7 nitrogen and oxygen atoms in total. The summed E-state index contributed by atoms with van der Waals surface area (Å²) >= 11 is 0. The summed E-state index contributed by atoms with van der Waals surface area (Å²) in [6.07, 6.45) is -0.122. The molecule has 0 bridgehead atoms. The smallest absolute Gasteiger partial charge is 0.290 e. The summed E-state index contributed by atoms with van der Waals surface area (Å²) in [5.41, 5.74) is 0. The molecule has 1 aromatic heterocycles. The lowest BCUT2D eigenvalue weighted by Gasteiger charge is -2.23. The van der Waals surface area contributed by atoms with E-state index in [2.05, 4.69) is 4.72 Å². The Labute approximate surface area is 150 Å². The molecule has 1 fully saturated rings. The van der Waals surface area contributed by atoms with Crippen LogP contribution in [0, 0.1) is 0 Å². The van der Waals surface area contributed by atoms with Crippen molar-refractivity contribution >= 4 is 15.9 Å². The van der Waals surface area contributed by atoms with E-state index < -0.39 is 28.1 Å². The van der Waals surface area contributed by atoms with Crippen LogP contribution in [-0.4, -0.2) is 50.8 Å². The van der Waals surface area contributed by atoms with E-state index in [4.69, 9.17) is 9.15 Å². The van der Waals surface area contributed by atoms with Gasteiger partial charge >= 0.3 is 0 Å². The summed E-state index contributed by atoms with van der Waals surface area (Å²) < 4.78 is 49.5. The van der Waals surface area contributed by atoms with Gasteiger partial charge in [-0.05, 0) is 18.2 Å². The lowest BCUT2D eigenvalue weighted by molar-refractivity contribution is 0.0694. The number of carbonyl (C=O) groups excluding carboxylic acids is 1. The number of halogens is 1. The van der Waals surface area contributed by atoms with Gasteiger partial charge in [-0.15, -0.1) is 0 Å². The first-order chi connectivity index (χ1) is 12.3. The Morgan fingerprint density at radius 1 is 1.31 bits per heavy atom. The number of carbonyl (C=O) groups is 1. The second-order valence-corrected chi connectivity index (χ2v) is 7.93. The van der Waals surface area contributed by atoms with E-state index in [0.717, 1.165) is 6.26 Å². The summed E-state index contributed by atoms with van der Waals surface area (Å²) in [4.78, 5) is 13.9. The van der Waals surface area contributed by atoms with Crippen molar-refractivity contribution in [3.05, 3.63) is 48.2 Å². The number of amides is 1. The molecule has 1 aromatic carbocycles. The fourth-order valence-corrected chi connectivity index (χ4v) is 3.28. The molecule has 0 aliphatic carbocycles. The normalized spacial score (nSPS) is 20.3. The van der Waals surface area contributed by atoms with Crippen molar-refractivity contribution in [3.8, 4) is 11.7 Å². The van der Waals surface area contributed by atoms with Crippen molar-refractivity contribution in [2.45, 2.75) is 18.6 Å². The van der Waals surface area contributed by atoms with Crippen molar-refractivity contribution in [2.24, 2.45) is 0 Å². The average Bonchev–Trinajstić information content (AvgIpc) is 3.19.